The van der Waals surface area contributed by atoms with Gasteiger partial charge in [-0.25, -0.2) is 0 Å². The van der Waals surface area contributed by atoms with Gasteiger partial charge >= 0.3 is 0 Å². The van der Waals surface area contributed by atoms with Gasteiger partial charge in [-0.2, -0.15) is 0 Å². The fourth-order valence-corrected chi connectivity index (χ4v) is 7.81. The van der Waals surface area contributed by atoms with E-state index in [9.17, 15) is 0 Å². The summed E-state index contributed by atoms with van der Waals surface area (Å²) in [6.45, 7) is 0. The molecule has 4 rings (SSSR count). The van der Waals surface area contributed by atoms with E-state index >= 15 is 0 Å². The molecule has 4 aliphatic carbocycles. The molecule has 0 spiro atoms. The fraction of sp³-hybridized carbons (Fsp3) is 1.00. The van der Waals surface area contributed by atoms with Gasteiger partial charge in [-0.05, 0) is 73.5 Å². The summed E-state index contributed by atoms with van der Waals surface area (Å²) >= 11 is 0. The quantitative estimate of drug-likeness (QED) is 0.618. The summed E-state index contributed by atoms with van der Waals surface area (Å²) in [6, 6.07) is 0. The van der Waals surface area contributed by atoms with Crippen LogP contribution in [0.3, 0.4) is 0 Å². The number of rotatable bonds is 2. The third kappa shape index (κ3) is 1.51. The van der Waals surface area contributed by atoms with E-state index in [0.717, 1.165) is 0 Å². The van der Waals surface area contributed by atoms with Crippen LogP contribution in [0.2, 0.25) is 0 Å². The Balaban J connectivity index is 1.40. The van der Waals surface area contributed by atoms with Crippen molar-refractivity contribution in [3.8, 4) is 0 Å². The molecule has 0 aromatic rings. The highest BCUT2D eigenvalue weighted by atomic mass is 31.1. The lowest BCUT2D eigenvalue weighted by Gasteiger charge is -2.29. The van der Waals surface area contributed by atoms with Crippen LogP contribution in [0.15, 0.2) is 0 Å². The van der Waals surface area contributed by atoms with E-state index in [4.69, 9.17) is 0 Å². The molecule has 0 aromatic heterocycles. The van der Waals surface area contributed by atoms with Crippen LogP contribution in [0.5, 0.6) is 0 Å². The van der Waals surface area contributed by atoms with E-state index in [1.807, 2.05) is 0 Å². The molecule has 4 saturated carbocycles. The highest BCUT2D eigenvalue weighted by molar-refractivity contribution is 7.39. The second-order valence-corrected chi connectivity index (χ2v) is 8.55. The van der Waals surface area contributed by atoms with E-state index in [0.29, 0.717) is 0 Å². The molecule has 4 fully saturated rings. The lowest BCUT2D eigenvalue weighted by Crippen LogP contribution is -2.19. The van der Waals surface area contributed by atoms with Gasteiger partial charge in [0.05, 0.1) is 0 Å². The van der Waals surface area contributed by atoms with Gasteiger partial charge in [0.15, 0.2) is 0 Å². The lowest BCUT2D eigenvalue weighted by atomic mass is 10.00. The lowest BCUT2D eigenvalue weighted by molar-refractivity contribution is 0.466. The first-order chi connectivity index (χ1) is 7.38. The molecule has 0 radical (unpaired) electrons. The summed E-state index contributed by atoms with van der Waals surface area (Å²) in [4.78, 5) is 0. The molecule has 15 heavy (non-hydrogen) atoms. The Bertz CT molecular complexity index is 236. The molecule has 0 saturated heterocycles. The van der Waals surface area contributed by atoms with E-state index in [1.54, 1.807) is 51.4 Å². The topological polar surface area (TPSA) is 0 Å². The minimum Gasteiger partial charge on any atom is -0.115 e. The molecular formula is C14H23P. The van der Waals surface area contributed by atoms with Crippen LogP contribution in [-0.2, 0) is 0 Å². The molecule has 0 heterocycles. The normalized spacial score (nSPS) is 57.6. The van der Waals surface area contributed by atoms with Crippen molar-refractivity contribution < 1.29 is 0 Å². The molecule has 1 heteroatoms. The average molecular weight is 222 g/mol. The maximum Gasteiger partial charge on any atom is -0.0203 e. The van der Waals surface area contributed by atoms with E-state index < -0.39 is 0 Å². The maximum atomic E-state index is 1.64. The van der Waals surface area contributed by atoms with E-state index in [-0.39, 0.29) is 0 Å². The SMILES string of the molecule is C1CC2CC1CC2PC1C[C@H]2CC[C@H]1C2. The van der Waals surface area contributed by atoms with Crippen molar-refractivity contribution in [3.05, 3.63) is 0 Å². The molecule has 0 aliphatic heterocycles. The van der Waals surface area contributed by atoms with Crippen LogP contribution in [0.4, 0.5) is 0 Å². The van der Waals surface area contributed by atoms with E-state index in [2.05, 4.69) is 0 Å². The number of hydrogen-bond donors (Lipinski definition) is 0. The summed E-state index contributed by atoms with van der Waals surface area (Å²) in [5.41, 5.74) is 2.40. The van der Waals surface area contributed by atoms with Crippen molar-refractivity contribution in [1.82, 2.24) is 0 Å². The summed E-state index contributed by atoms with van der Waals surface area (Å²) in [5, 5.41) is 0. The van der Waals surface area contributed by atoms with Crippen molar-refractivity contribution in [2.24, 2.45) is 23.7 Å². The molecule has 0 nitrogen and oxygen atoms in total. The highest BCUT2D eigenvalue weighted by Gasteiger charge is 2.44. The van der Waals surface area contributed by atoms with Gasteiger partial charge in [0, 0.05) is 0 Å². The van der Waals surface area contributed by atoms with Crippen molar-refractivity contribution in [2.75, 3.05) is 0 Å². The Morgan fingerprint density at radius 2 is 1.13 bits per heavy atom. The van der Waals surface area contributed by atoms with Gasteiger partial charge in [0.2, 0.25) is 0 Å². The van der Waals surface area contributed by atoms with Crippen molar-refractivity contribution in [3.63, 3.8) is 0 Å². The summed E-state index contributed by atoms with van der Waals surface area (Å²) in [7, 11) is 1.37. The zero-order chi connectivity index (χ0) is 9.83. The van der Waals surface area contributed by atoms with Crippen LogP contribution in [0.25, 0.3) is 0 Å². The first kappa shape index (κ1) is 9.46. The van der Waals surface area contributed by atoms with Crippen LogP contribution in [0, 0.1) is 23.7 Å². The average Bonchev–Trinajstić information content (AvgIpc) is 2.96. The van der Waals surface area contributed by atoms with Gasteiger partial charge in [-0.3, -0.25) is 0 Å². The first-order valence-electron chi connectivity index (χ1n) is 7.14. The summed E-state index contributed by atoms with van der Waals surface area (Å²) < 4.78 is 0. The first-order valence-corrected chi connectivity index (χ1v) is 8.30. The largest absolute Gasteiger partial charge is 0.115 e. The zero-order valence-corrected chi connectivity index (χ0v) is 10.6. The Kier molecular flexibility index (Phi) is 2.18. The standard InChI is InChI=1S/C14H23P/c1-3-11-5-9(1)7-13(11)15-14-8-10-2-4-12(14)6-10/h9-15H,1-8H2/t9-,10?,11-,12?,13?,14?/m0/s1. The monoisotopic (exact) mass is 222 g/mol. The second-order valence-electron chi connectivity index (χ2n) is 6.73. The molecule has 84 valence electrons. The second kappa shape index (κ2) is 3.46. The maximum absolute atomic E-state index is 1.64. The molecule has 4 aliphatic rings. The third-order valence-electron chi connectivity index (χ3n) is 5.90. The molecule has 0 aromatic carbocycles. The predicted molar refractivity (Wildman–Crippen MR) is 66.8 cm³/mol. The summed E-state index contributed by atoms with van der Waals surface area (Å²) in [6.07, 6.45) is 12.9. The Hall–Kier alpha value is 0.430. The molecule has 0 N–H and O–H groups in total. The van der Waals surface area contributed by atoms with Crippen LogP contribution >= 0.6 is 8.58 Å². The smallest absolute Gasteiger partial charge is 0.0203 e. The number of hydrogen-bond acceptors (Lipinski definition) is 0. The molecule has 7 atom stereocenters. The zero-order valence-electron chi connectivity index (χ0n) is 9.62. The van der Waals surface area contributed by atoms with Gasteiger partial charge in [-0.1, -0.05) is 12.8 Å². The van der Waals surface area contributed by atoms with Crippen molar-refractivity contribution in [1.29, 1.82) is 0 Å². The molecular weight excluding hydrogens is 199 g/mol. The predicted octanol–water partition coefficient (Wildman–Crippen LogP) is 4.04. The van der Waals surface area contributed by atoms with Crippen LogP contribution in [-0.4, -0.2) is 11.3 Å². The Morgan fingerprint density at radius 3 is 1.47 bits per heavy atom. The number of fused-ring (bicyclic) bond motifs is 4. The third-order valence-corrected chi connectivity index (χ3v) is 8.17. The molecule has 5 unspecified atom stereocenters. The van der Waals surface area contributed by atoms with Crippen LogP contribution < -0.4 is 0 Å². The van der Waals surface area contributed by atoms with Gasteiger partial charge in [0.1, 0.15) is 0 Å². The van der Waals surface area contributed by atoms with Gasteiger partial charge < -0.3 is 0 Å². The van der Waals surface area contributed by atoms with Crippen LogP contribution in [0.1, 0.15) is 51.4 Å². The van der Waals surface area contributed by atoms with Gasteiger partial charge in [-0.15, -0.1) is 8.58 Å². The van der Waals surface area contributed by atoms with Gasteiger partial charge in [0.25, 0.3) is 0 Å². The molecule has 4 bridgehead atoms. The Morgan fingerprint density at radius 1 is 0.600 bits per heavy atom. The van der Waals surface area contributed by atoms with Crippen molar-refractivity contribution >= 4 is 8.58 Å². The fourth-order valence-electron chi connectivity index (χ4n) is 5.17. The molecule has 0 amide bonds. The minimum absolute atomic E-state index is 1.17. The van der Waals surface area contributed by atoms with E-state index in [1.165, 1.54) is 43.6 Å². The highest BCUT2D eigenvalue weighted by Crippen LogP contribution is 2.58. The summed E-state index contributed by atoms with van der Waals surface area (Å²) in [5.74, 6) is 4.72. The Labute approximate surface area is 95.4 Å². The van der Waals surface area contributed by atoms with Crippen molar-refractivity contribution in [2.45, 2.75) is 62.7 Å². The minimum atomic E-state index is 1.17.